The van der Waals surface area contributed by atoms with Crippen molar-refractivity contribution in [2.75, 3.05) is 6.54 Å². The van der Waals surface area contributed by atoms with Gasteiger partial charge in [-0.25, -0.2) is 4.98 Å². The molecule has 0 bridgehead atoms. The van der Waals surface area contributed by atoms with Gasteiger partial charge in [0.05, 0.1) is 0 Å². The van der Waals surface area contributed by atoms with Crippen LogP contribution in [-0.4, -0.2) is 22.0 Å². The van der Waals surface area contributed by atoms with Crippen LogP contribution in [-0.2, 0) is 7.05 Å². The lowest BCUT2D eigenvalue weighted by atomic mass is 10.1. The van der Waals surface area contributed by atoms with Gasteiger partial charge in [-0.2, -0.15) is 0 Å². The SMILES string of the molecule is CCCCCCCCCCCC/C=C\CC/C=C\CCCCCCCCCCCCNC(=O)c1nccn1C. The quantitative estimate of drug-likeness (QED) is 0.0847. The van der Waals surface area contributed by atoms with E-state index in [0.29, 0.717) is 5.82 Å². The molecule has 4 nitrogen and oxygen atoms in total. The van der Waals surface area contributed by atoms with E-state index >= 15 is 0 Å². The van der Waals surface area contributed by atoms with Crippen molar-refractivity contribution in [1.29, 1.82) is 0 Å². The number of unbranched alkanes of at least 4 members (excludes halogenated alkanes) is 21. The number of hydrogen-bond acceptors (Lipinski definition) is 2. The highest BCUT2D eigenvalue weighted by Crippen LogP contribution is 2.13. The highest BCUT2D eigenvalue weighted by Gasteiger charge is 2.09. The maximum Gasteiger partial charge on any atom is 0.287 e. The first-order valence-corrected chi connectivity index (χ1v) is 16.8. The number of nitrogens with one attached hydrogen (secondary N) is 1. The van der Waals surface area contributed by atoms with E-state index in [4.69, 9.17) is 0 Å². The summed E-state index contributed by atoms with van der Waals surface area (Å²) in [6.45, 7) is 3.04. The van der Waals surface area contributed by atoms with Gasteiger partial charge in [0, 0.05) is 26.0 Å². The molecule has 0 radical (unpaired) electrons. The third-order valence-electron chi connectivity index (χ3n) is 7.67. The van der Waals surface area contributed by atoms with Crippen molar-refractivity contribution in [2.24, 2.45) is 7.05 Å². The summed E-state index contributed by atoms with van der Waals surface area (Å²) in [6, 6.07) is 0. The molecule has 4 heteroatoms. The molecule has 0 aliphatic carbocycles. The Kier molecular flexibility index (Phi) is 25.0. The molecule has 0 atom stereocenters. The monoisotopic (exact) mass is 541 g/mol. The van der Waals surface area contributed by atoms with Crippen molar-refractivity contribution in [3.8, 4) is 0 Å². The lowest BCUT2D eigenvalue weighted by Gasteiger charge is -2.05. The zero-order chi connectivity index (χ0) is 28.1. The molecule has 1 aromatic heterocycles. The Bertz CT molecular complexity index is 721. The molecular weight excluding hydrogens is 478 g/mol. The lowest BCUT2D eigenvalue weighted by molar-refractivity contribution is 0.0939. The van der Waals surface area contributed by atoms with Crippen LogP contribution in [0.1, 0.15) is 172 Å². The molecule has 0 unspecified atom stereocenters. The number of nitrogens with zero attached hydrogens (tertiary/aromatic N) is 2. The van der Waals surface area contributed by atoms with Gasteiger partial charge in [0.1, 0.15) is 0 Å². The summed E-state index contributed by atoms with van der Waals surface area (Å²) in [6.07, 6.45) is 45.2. The summed E-state index contributed by atoms with van der Waals surface area (Å²) >= 11 is 0. The summed E-state index contributed by atoms with van der Waals surface area (Å²) in [5, 5.41) is 2.97. The summed E-state index contributed by atoms with van der Waals surface area (Å²) < 4.78 is 1.76. The Hall–Kier alpha value is -1.84. The van der Waals surface area contributed by atoms with Crippen LogP contribution in [0.2, 0.25) is 0 Å². The van der Waals surface area contributed by atoms with Crippen molar-refractivity contribution in [2.45, 2.75) is 161 Å². The lowest BCUT2D eigenvalue weighted by Crippen LogP contribution is -2.27. The van der Waals surface area contributed by atoms with E-state index < -0.39 is 0 Å². The van der Waals surface area contributed by atoms with Crippen LogP contribution >= 0.6 is 0 Å². The fourth-order valence-corrected chi connectivity index (χ4v) is 5.08. The second-order valence-corrected chi connectivity index (χ2v) is 11.4. The van der Waals surface area contributed by atoms with E-state index in [-0.39, 0.29) is 5.91 Å². The van der Waals surface area contributed by atoms with Gasteiger partial charge < -0.3 is 9.88 Å². The Morgan fingerprint density at radius 1 is 0.641 bits per heavy atom. The van der Waals surface area contributed by atoms with Crippen LogP contribution in [0.15, 0.2) is 36.7 Å². The number of carbonyl (C=O) groups excluding carboxylic acids is 1. The first-order valence-electron chi connectivity index (χ1n) is 16.8. The number of rotatable bonds is 28. The van der Waals surface area contributed by atoms with Gasteiger partial charge >= 0.3 is 0 Å². The molecule has 1 N–H and O–H groups in total. The second kappa shape index (κ2) is 27.7. The molecular formula is C35H63N3O. The number of aryl methyl sites for hydroxylation is 1. The van der Waals surface area contributed by atoms with E-state index in [0.717, 1.165) is 13.0 Å². The molecule has 0 saturated heterocycles. The number of hydrogen-bond donors (Lipinski definition) is 1. The molecule has 0 fully saturated rings. The molecule has 1 aromatic rings. The van der Waals surface area contributed by atoms with Crippen molar-refractivity contribution in [1.82, 2.24) is 14.9 Å². The van der Waals surface area contributed by atoms with Gasteiger partial charge in [-0.3, -0.25) is 4.79 Å². The topological polar surface area (TPSA) is 46.9 Å². The molecule has 0 aliphatic rings. The molecule has 1 rings (SSSR count). The predicted octanol–water partition coefficient (Wildman–Crippen LogP) is 10.6. The molecule has 224 valence electrons. The van der Waals surface area contributed by atoms with E-state index in [1.165, 1.54) is 148 Å². The Morgan fingerprint density at radius 3 is 1.49 bits per heavy atom. The molecule has 1 heterocycles. The number of imidazole rings is 1. The van der Waals surface area contributed by atoms with Crippen molar-refractivity contribution < 1.29 is 4.79 Å². The predicted molar refractivity (Wildman–Crippen MR) is 170 cm³/mol. The normalized spacial score (nSPS) is 11.7. The second-order valence-electron chi connectivity index (χ2n) is 11.4. The summed E-state index contributed by atoms with van der Waals surface area (Å²) in [4.78, 5) is 16.1. The van der Waals surface area contributed by atoms with Crippen LogP contribution in [0, 0.1) is 0 Å². The van der Waals surface area contributed by atoms with Gasteiger partial charge in [0.2, 0.25) is 0 Å². The smallest absolute Gasteiger partial charge is 0.287 e. The first-order chi connectivity index (χ1) is 19.3. The minimum Gasteiger partial charge on any atom is -0.349 e. The molecule has 0 saturated carbocycles. The van der Waals surface area contributed by atoms with Crippen molar-refractivity contribution in [3.63, 3.8) is 0 Å². The van der Waals surface area contributed by atoms with Crippen LogP contribution in [0.25, 0.3) is 0 Å². The average Bonchev–Trinajstić information content (AvgIpc) is 3.38. The maximum atomic E-state index is 12.0. The number of allylic oxidation sites excluding steroid dienone is 4. The molecule has 0 aliphatic heterocycles. The van der Waals surface area contributed by atoms with Crippen molar-refractivity contribution in [3.05, 3.63) is 42.5 Å². The van der Waals surface area contributed by atoms with Gasteiger partial charge in [0.15, 0.2) is 5.82 Å². The molecule has 0 spiro atoms. The number of aromatic nitrogens is 2. The van der Waals surface area contributed by atoms with Crippen LogP contribution in [0.5, 0.6) is 0 Å². The van der Waals surface area contributed by atoms with Gasteiger partial charge in [0.25, 0.3) is 5.91 Å². The largest absolute Gasteiger partial charge is 0.349 e. The highest BCUT2D eigenvalue weighted by molar-refractivity contribution is 5.90. The third kappa shape index (κ3) is 22.7. The fraction of sp³-hybridized carbons (Fsp3) is 0.771. The van der Waals surface area contributed by atoms with Crippen LogP contribution < -0.4 is 5.32 Å². The summed E-state index contributed by atoms with van der Waals surface area (Å²) in [5.74, 6) is 0.420. The van der Waals surface area contributed by atoms with Crippen LogP contribution in [0.4, 0.5) is 0 Å². The first kappa shape index (κ1) is 35.2. The standard InChI is InChI=1S/C35H63N3O/c1-3-4-5-6-7-8-9-10-11-12-13-14-15-16-17-18-19-20-21-22-23-24-25-26-27-28-29-30-31-37-35(39)34-36-32-33-38(34)2/h14-15,18-19,32-33H,3-13,16-17,20-31H2,1-2H3,(H,37,39)/b15-14-,19-18-. The zero-order valence-electron chi connectivity index (χ0n) is 25.9. The Labute approximate surface area is 242 Å². The fourth-order valence-electron chi connectivity index (χ4n) is 5.08. The molecule has 0 aromatic carbocycles. The van der Waals surface area contributed by atoms with E-state index in [9.17, 15) is 4.79 Å². The summed E-state index contributed by atoms with van der Waals surface area (Å²) in [7, 11) is 1.85. The Balaban J connectivity index is 1.72. The highest BCUT2D eigenvalue weighted by atomic mass is 16.2. The third-order valence-corrected chi connectivity index (χ3v) is 7.67. The maximum absolute atomic E-state index is 12.0. The molecule has 1 amide bonds. The zero-order valence-corrected chi connectivity index (χ0v) is 25.9. The minimum absolute atomic E-state index is 0.0693. The number of carbonyl (C=O) groups is 1. The van der Waals surface area contributed by atoms with E-state index in [1.54, 1.807) is 17.0 Å². The molecule has 39 heavy (non-hydrogen) atoms. The van der Waals surface area contributed by atoms with E-state index in [1.807, 2.05) is 7.05 Å². The van der Waals surface area contributed by atoms with Gasteiger partial charge in [-0.05, 0) is 44.9 Å². The van der Waals surface area contributed by atoms with Crippen LogP contribution in [0.3, 0.4) is 0 Å². The number of amides is 1. The van der Waals surface area contributed by atoms with Crippen molar-refractivity contribution >= 4 is 5.91 Å². The average molecular weight is 542 g/mol. The van der Waals surface area contributed by atoms with Gasteiger partial charge in [-0.15, -0.1) is 0 Å². The summed E-state index contributed by atoms with van der Waals surface area (Å²) in [5.41, 5.74) is 0. The Morgan fingerprint density at radius 2 is 1.05 bits per heavy atom. The van der Waals surface area contributed by atoms with E-state index in [2.05, 4.69) is 41.5 Å². The van der Waals surface area contributed by atoms with Gasteiger partial charge in [-0.1, -0.05) is 140 Å². The minimum atomic E-state index is -0.0693.